The van der Waals surface area contributed by atoms with Gasteiger partial charge in [0.25, 0.3) is 0 Å². The van der Waals surface area contributed by atoms with E-state index in [0.29, 0.717) is 12.8 Å². The van der Waals surface area contributed by atoms with Gasteiger partial charge in [-0.25, -0.2) is 0 Å². The van der Waals surface area contributed by atoms with Crippen molar-refractivity contribution in [2.24, 2.45) is 0 Å². The summed E-state index contributed by atoms with van der Waals surface area (Å²) < 4.78 is 5.59. The molecule has 0 saturated carbocycles. The number of allylic oxidation sites excluding steroid dienone is 2. The van der Waals surface area contributed by atoms with Gasteiger partial charge in [0.1, 0.15) is 6.10 Å². The quantitative estimate of drug-likeness (QED) is 0.224. The predicted molar refractivity (Wildman–Crippen MR) is 98.0 cm³/mol. The molecule has 0 fully saturated rings. The summed E-state index contributed by atoms with van der Waals surface area (Å²) in [7, 11) is 0. The molecule has 0 heterocycles. The van der Waals surface area contributed by atoms with Crippen molar-refractivity contribution >= 4 is 11.9 Å². The van der Waals surface area contributed by atoms with Crippen molar-refractivity contribution in [1.29, 1.82) is 0 Å². The molecule has 1 atom stereocenters. The molecule has 1 unspecified atom stereocenters. The molecular weight excluding hydrogens is 304 g/mol. The van der Waals surface area contributed by atoms with E-state index in [1.165, 1.54) is 12.8 Å². The standard InChI is InChI=1S/C20H36O4/c1-3-5-7-8-9-10-11-17-20(23)24-18(14-6-4-2)15-12-13-16-19(21)22/h8-9,18H,3-7,10-17H2,1-2H3,(H,21,22). The van der Waals surface area contributed by atoms with E-state index in [4.69, 9.17) is 9.84 Å². The summed E-state index contributed by atoms with van der Waals surface area (Å²) >= 11 is 0. The lowest BCUT2D eigenvalue weighted by Gasteiger charge is -2.17. The van der Waals surface area contributed by atoms with Crippen molar-refractivity contribution in [2.45, 2.75) is 103 Å². The van der Waals surface area contributed by atoms with Crippen LogP contribution in [0.5, 0.6) is 0 Å². The van der Waals surface area contributed by atoms with Gasteiger partial charge in [-0.1, -0.05) is 51.7 Å². The fourth-order valence-electron chi connectivity index (χ4n) is 2.51. The van der Waals surface area contributed by atoms with E-state index in [-0.39, 0.29) is 18.5 Å². The average molecular weight is 341 g/mol. The lowest BCUT2D eigenvalue weighted by molar-refractivity contribution is -0.150. The van der Waals surface area contributed by atoms with Gasteiger partial charge in [0.15, 0.2) is 0 Å². The van der Waals surface area contributed by atoms with Crippen LogP contribution < -0.4 is 0 Å². The van der Waals surface area contributed by atoms with E-state index < -0.39 is 5.97 Å². The van der Waals surface area contributed by atoms with Gasteiger partial charge >= 0.3 is 11.9 Å². The lowest BCUT2D eigenvalue weighted by atomic mass is 10.0. The van der Waals surface area contributed by atoms with Crippen LogP contribution in [0.3, 0.4) is 0 Å². The first-order valence-corrected chi connectivity index (χ1v) is 9.66. The molecule has 0 spiro atoms. The number of carbonyl (C=O) groups excluding carboxylic acids is 1. The summed E-state index contributed by atoms with van der Waals surface area (Å²) in [5.41, 5.74) is 0. The Morgan fingerprint density at radius 3 is 2.12 bits per heavy atom. The Kier molecular flexibility index (Phi) is 15.6. The second-order valence-corrected chi connectivity index (χ2v) is 6.40. The topological polar surface area (TPSA) is 63.6 Å². The molecule has 4 nitrogen and oxygen atoms in total. The predicted octanol–water partition coefficient (Wildman–Crippen LogP) is 5.65. The van der Waals surface area contributed by atoms with E-state index in [1.807, 2.05) is 0 Å². The summed E-state index contributed by atoms with van der Waals surface area (Å²) in [6.07, 6.45) is 15.5. The molecule has 4 heteroatoms. The van der Waals surface area contributed by atoms with Gasteiger partial charge in [0.05, 0.1) is 0 Å². The zero-order valence-corrected chi connectivity index (χ0v) is 15.6. The second kappa shape index (κ2) is 16.5. The molecule has 0 rings (SSSR count). The van der Waals surface area contributed by atoms with Gasteiger partial charge in [0.2, 0.25) is 0 Å². The Balaban J connectivity index is 3.92. The molecule has 0 aliphatic rings. The van der Waals surface area contributed by atoms with Crippen LogP contribution in [0.1, 0.15) is 97.3 Å². The Hall–Kier alpha value is -1.32. The molecule has 24 heavy (non-hydrogen) atoms. The number of hydrogen-bond donors (Lipinski definition) is 1. The van der Waals surface area contributed by atoms with Crippen molar-refractivity contribution in [2.75, 3.05) is 0 Å². The van der Waals surface area contributed by atoms with Crippen molar-refractivity contribution in [1.82, 2.24) is 0 Å². The van der Waals surface area contributed by atoms with Crippen LogP contribution in [0.25, 0.3) is 0 Å². The summed E-state index contributed by atoms with van der Waals surface area (Å²) in [6.45, 7) is 4.30. The van der Waals surface area contributed by atoms with Crippen LogP contribution in [0.15, 0.2) is 12.2 Å². The first-order chi connectivity index (χ1) is 11.6. The van der Waals surface area contributed by atoms with E-state index >= 15 is 0 Å². The minimum atomic E-state index is -0.760. The summed E-state index contributed by atoms with van der Waals surface area (Å²) in [5, 5.41) is 8.66. The Morgan fingerprint density at radius 1 is 0.875 bits per heavy atom. The third-order valence-corrected chi connectivity index (χ3v) is 3.99. The number of rotatable bonds is 16. The second-order valence-electron chi connectivity index (χ2n) is 6.40. The monoisotopic (exact) mass is 340 g/mol. The smallest absolute Gasteiger partial charge is 0.306 e. The number of aliphatic carboxylic acids is 1. The highest BCUT2D eigenvalue weighted by atomic mass is 16.5. The number of esters is 1. The van der Waals surface area contributed by atoms with Crippen LogP contribution in [-0.4, -0.2) is 23.1 Å². The van der Waals surface area contributed by atoms with E-state index in [1.54, 1.807) is 0 Å². The number of ether oxygens (including phenoxy) is 1. The van der Waals surface area contributed by atoms with Crippen LogP contribution >= 0.6 is 0 Å². The van der Waals surface area contributed by atoms with Gasteiger partial charge in [-0.3, -0.25) is 9.59 Å². The van der Waals surface area contributed by atoms with Crippen LogP contribution in [0, 0.1) is 0 Å². The van der Waals surface area contributed by atoms with Gasteiger partial charge in [-0.2, -0.15) is 0 Å². The molecule has 0 aromatic rings. The molecule has 140 valence electrons. The minimum Gasteiger partial charge on any atom is -0.481 e. The van der Waals surface area contributed by atoms with Gasteiger partial charge in [0, 0.05) is 12.8 Å². The highest BCUT2D eigenvalue weighted by Crippen LogP contribution is 2.15. The van der Waals surface area contributed by atoms with Crippen LogP contribution in [0.4, 0.5) is 0 Å². The summed E-state index contributed by atoms with van der Waals surface area (Å²) in [5.74, 6) is -0.875. The van der Waals surface area contributed by atoms with Gasteiger partial charge in [-0.15, -0.1) is 0 Å². The molecule has 1 N–H and O–H groups in total. The maximum atomic E-state index is 12.0. The van der Waals surface area contributed by atoms with Gasteiger partial charge in [-0.05, 0) is 44.9 Å². The van der Waals surface area contributed by atoms with E-state index in [2.05, 4.69) is 26.0 Å². The summed E-state index contributed by atoms with van der Waals surface area (Å²) in [6, 6.07) is 0. The van der Waals surface area contributed by atoms with Crippen molar-refractivity contribution in [3.63, 3.8) is 0 Å². The summed E-state index contributed by atoms with van der Waals surface area (Å²) in [4.78, 5) is 22.5. The van der Waals surface area contributed by atoms with Gasteiger partial charge < -0.3 is 9.84 Å². The van der Waals surface area contributed by atoms with Crippen LogP contribution in [0.2, 0.25) is 0 Å². The molecule has 0 aliphatic carbocycles. The molecule has 0 amide bonds. The number of unbranched alkanes of at least 4 members (excludes halogenated alkanes) is 5. The molecule has 0 aliphatic heterocycles. The largest absolute Gasteiger partial charge is 0.481 e. The highest BCUT2D eigenvalue weighted by molar-refractivity contribution is 5.69. The first-order valence-electron chi connectivity index (χ1n) is 9.66. The third-order valence-electron chi connectivity index (χ3n) is 3.99. The molecule has 0 radical (unpaired) electrons. The van der Waals surface area contributed by atoms with Crippen molar-refractivity contribution in [3.8, 4) is 0 Å². The fraction of sp³-hybridized carbons (Fsp3) is 0.800. The normalized spacial score (nSPS) is 12.4. The number of hydrogen-bond acceptors (Lipinski definition) is 3. The lowest BCUT2D eigenvalue weighted by Crippen LogP contribution is -2.18. The van der Waals surface area contributed by atoms with E-state index in [0.717, 1.165) is 51.4 Å². The van der Waals surface area contributed by atoms with Crippen molar-refractivity contribution in [3.05, 3.63) is 12.2 Å². The molecule has 0 aromatic heterocycles. The third kappa shape index (κ3) is 15.6. The Labute approximate surface area is 147 Å². The Bertz CT molecular complexity index is 350. The van der Waals surface area contributed by atoms with Crippen molar-refractivity contribution < 1.29 is 19.4 Å². The first kappa shape index (κ1) is 22.7. The fourth-order valence-corrected chi connectivity index (χ4v) is 2.51. The zero-order chi connectivity index (χ0) is 18.0. The zero-order valence-electron chi connectivity index (χ0n) is 15.6. The molecule has 0 aromatic carbocycles. The number of carboxylic acid groups (broad SMARTS) is 1. The SMILES string of the molecule is CCCCC=CCCCC(=O)OC(CCCC)CCCCC(=O)O. The average Bonchev–Trinajstić information content (AvgIpc) is 2.55. The molecular formula is C20H36O4. The number of carboxylic acids is 1. The molecule has 0 saturated heterocycles. The minimum absolute atomic E-state index is 0.0497. The molecule has 0 bridgehead atoms. The number of carbonyl (C=O) groups is 2. The van der Waals surface area contributed by atoms with Crippen LogP contribution in [-0.2, 0) is 14.3 Å². The maximum absolute atomic E-state index is 12.0. The maximum Gasteiger partial charge on any atom is 0.306 e. The Morgan fingerprint density at radius 2 is 1.50 bits per heavy atom. The van der Waals surface area contributed by atoms with E-state index in [9.17, 15) is 9.59 Å². The highest BCUT2D eigenvalue weighted by Gasteiger charge is 2.14.